The molecule has 1 aromatic rings. The molecule has 1 aliphatic rings. The lowest BCUT2D eigenvalue weighted by atomic mass is 9.97. The molecule has 0 bridgehead atoms. The summed E-state index contributed by atoms with van der Waals surface area (Å²) in [5.74, 6) is -0.916. The van der Waals surface area contributed by atoms with Crippen LogP contribution in [-0.2, 0) is 0 Å². The molecule has 0 radical (unpaired) electrons. The van der Waals surface area contributed by atoms with E-state index in [1.54, 1.807) is 0 Å². The number of hydrogen-bond acceptors (Lipinski definition) is 2. The molecule has 0 aromatic heterocycles. The Hall–Kier alpha value is -0.780. The summed E-state index contributed by atoms with van der Waals surface area (Å²) in [6.07, 6.45) is 5.53. The highest BCUT2D eigenvalue weighted by molar-refractivity contribution is 9.10. The van der Waals surface area contributed by atoms with Gasteiger partial charge in [-0.15, -0.1) is 6.58 Å². The van der Waals surface area contributed by atoms with Crippen LogP contribution in [0.2, 0.25) is 0 Å². The van der Waals surface area contributed by atoms with Crippen molar-refractivity contribution in [2.75, 3.05) is 26.2 Å². The monoisotopic (exact) mass is 372 g/mol. The predicted octanol–water partition coefficient (Wildman–Crippen LogP) is 4.42. The van der Waals surface area contributed by atoms with Crippen LogP contribution < -0.4 is 5.32 Å². The van der Waals surface area contributed by atoms with Crippen LogP contribution in [0.3, 0.4) is 0 Å². The summed E-state index contributed by atoms with van der Waals surface area (Å²) in [4.78, 5) is 2.19. The van der Waals surface area contributed by atoms with Gasteiger partial charge in [0.25, 0.3) is 0 Å². The van der Waals surface area contributed by atoms with Gasteiger partial charge in [0.05, 0.1) is 4.47 Å². The maximum atomic E-state index is 14.5. The lowest BCUT2D eigenvalue weighted by Crippen LogP contribution is -2.45. The van der Waals surface area contributed by atoms with E-state index in [-0.39, 0.29) is 11.6 Å². The average Bonchev–Trinajstić information content (AvgIpc) is 2.54. The van der Waals surface area contributed by atoms with Crippen molar-refractivity contribution >= 4 is 15.9 Å². The van der Waals surface area contributed by atoms with Gasteiger partial charge < -0.3 is 5.32 Å². The second-order valence-electron chi connectivity index (χ2n) is 5.63. The Morgan fingerprint density at radius 2 is 2.00 bits per heavy atom. The second kappa shape index (κ2) is 8.75. The maximum Gasteiger partial charge on any atom is 0.145 e. The van der Waals surface area contributed by atoms with Gasteiger partial charge in [-0.3, -0.25) is 4.90 Å². The van der Waals surface area contributed by atoms with Crippen molar-refractivity contribution in [1.82, 2.24) is 10.2 Å². The number of halogens is 3. The fourth-order valence-corrected chi connectivity index (χ4v) is 3.32. The molecule has 5 heteroatoms. The molecule has 0 unspecified atom stereocenters. The summed E-state index contributed by atoms with van der Waals surface area (Å²) >= 11 is 3.18. The molecular formula is C17H23BrF2N2. The van der Waals surface area contributed by atoms with Gasteiger partial charge in [0.15, 0.2) is 0 Å². The van der Waals surface area contributed by atoms with E-state index in [0.717, 1.165) is 51.9 Å². The molecule has 2 nitrogen and oxygen atoms in total. The van der Waals surface area contributed by atoms with Crippen molar-refractivity contribution in [1.29, 1.82) is 0 Å². The average molecular weight is 373 g/mol. The number of hydrogen-bond donors (Lipinski definition) is 1. The number of benzene rings is 1. The zero-order valence-corrected chi connectivity index (χ0v) is 14.3. The largest absolute Gasteiger partial charge is 0.314 e. The summed E-state index contributed by atoms with van der Waals surface area (Å²) < 4.78 is 29.1. The minimum Gasteiger partial charge on any atom is -0.314 e. The van der Waals surface area contributed by atoms with Crippen molar-refractivity contribution < 1.29 is 8.78 Å². The standard InChI is InChI=1S/C17H23BrF2N2/c1-2-3-4-5-6-15(22-11-9-21-10-12-22)16-14(19)8-7-13(18)17(16)20/h2,7-8,15,21H,1,3-6,9-12H2/t15-/m0/s1. The normalized spacial score (nSPS) is 17.4. The third kappa shape index (κ3) is 4.37. The Kier molecular flexibility index (Phi) is 6.99. The van der Waals surface area contributed by atoms with E-state index >= 15 is 0 Å². The molecular weight excluding hydrogens is 350 g/mol. The van der Waals surface area contributed by atoms with Gasteiger partial charge in [0.2, 0.25) is 0 Å². The number of nitrogens with zero attached hydrogens (tertiary/aromatic N) is 1. The first-order chi connectivity index (χ1) is 10.6. The molecule has 0 amide bonds. The molecule has 1 atom stereocenters. The van der Waals surface area contributed by atoms with E-state index in [4.69, 9.17) is 0 Å². The predicted molar refractivity (Wildman–Crippen MR) is 89.9 cm³/mol. The molecule has 1 aromatic carbocycles. The minimum absolute atomic E-state index is 0.204. The van der Waals surface area contributed by atoms with E-state index in [1.807, 2.05) is 6.08 Å². The van der Waals surface area contributed by atoms with E-state index in [0.29, 0.717) is 4.47 Å². The summed E-state index contributed by atoms with van der Waals surface area (Å²) in [5.41, 5.74) is 0.204. The second-order valence-corrected chi connectivity index (χ2v) is 6.49. The molecule has 0 saturated carbocycles. The van der Waals surface area contributed by atoms with Crippen LogP contribution in [0.1, 0.15) is 37.3 Å². The smallest absolute Gasteiger partial charge is 0.145 e. The molecule has 2 rings (SSSR count). The SMILES string of the molecule is C=CCCCC[C@@H](c1c(F)ccc(Br)c1F)N1CCNCC1. The van der Waals surface area contributed by atoms with Crippen LogP contribution in [-0.4, -0.2) is 31.1 Å². The van der Waals surface area contributed by atoms with Crippen molar-refractivity contribution in [2.24, 2.45) is 0 Å². The van der Waals surface area contributed by atoms with Crippen molar-refractivity contribution in [3.63, 3.8) is 0 Å². The van der Waals surface area contributed by atoms with Gasteiger partial charge in [-0.25, -0.2) is 8.78 Å². The van der Waals surface area contributed by atoms with Crippen molar-refractivity contribution in [3.05, 3.63) is 46.5 Å². The fourth-order valence-electron chi connectivity index (χ4n) is 2.98. The van der Waals surface area contributed by atoms with E-state index in [9.17, 15) is 8.78 Å². The number of unbranched alkanes of at least 4 members (excludes halogenated alkanes) is 2. The van der Waals surface area contributed by atoms with Crippen LogP contribution in [0.4, 0.5) is 8.78 Å². The van der Waals surface area contributed by atoms with Gasteiger partial charge in [0.1, 0.15) is 11.6 Å². The summed E-state index contributed by atoms with van der Waals surface area (Å²) in [7, 11) is 0. The molecule has 22 heavy (non-hydrogen) atoms. The van der Waals surface area contributed by atoms with Crippen molar-refractivity contribution in [2.45, 2.75) is 31.7 Å². The molecule has 1 heterocycles. The number of rotatable bonds is 7. The fraction of sp³-hybridized carbons (Fsp3) is 0.529. The van der Waals surface area contributed by atoms with Crippen LogP contribution >= 0.6 is 15.9 Å². The Morgan fingerprint density at radius 1 is 1.27 bits per heavy atom. The highest BCUT2D eigenvalue weighted by Crippen LogP contribution is 2.33. The first kappa shape index (κ1) is 17.6. The van der Waals surface area contributed by atoms with Crippen LogP contribution in [0.25, 0.3) is 0 Å². The highest BCUT2D eigenvalue weighted by atomic mass is 79.9. The summed E-state index contributed by atoms with van der Waals surface area (Å²) in [6, 6.07) is 2.58. The van der Waals surface area contributed by atoms with E-state index in [2.05, 4.69) is 32.7 Å². The lowest BCUT2D eigenvalue weighted by molar-refractivity contribution is 0.156. The van der Waals surface area contributed by atoms with Gasteiger partial charge in [-0.05, 0) is 47.3 Å². The van der Waals surface area contributed by atoms with Crippen LogP contribution in [0, 0.1) is 11.6 Å². The molecule has 1 saturated heterocycles. The summed E-state index contributed by atoms with van der Waals surface area (Å²) in [5, 5.41) is 3.29. The number of nitrogens with one attached hydrogen (secondary N) is 1. The lowest BCUT2D eigenvalue weighted by Gasteiger charge is -2.35. The zero-order valence-electron chi connectivity index (χ0n) is 12.8. The number of piperazine rings is 1. The molecule has 122 valence electrons. The zero-order chi connectivity index (χ0) is 15.9. The first-order valence-electron chi connectivity index (χ1n) is 7.84. The van der Waals surface area contributed by atoms with E-state index < -0.39 is 11.6 Å². The maximum absolute atomic E-state index is 14.5. The van der Waals surface area contributed by atoms with Gasteiger partial charge >= 0.3 is 0 Å². The Labute approximate surface area is 139 Å². The Balaban J connectivity index is 2.22. The molecule has 0 aliphatic carbocycles. The highest BCUT2D eigenvalue weighted by Gasteiger charge is 2.28. The molecule has 1 fully saturated rings. The Morgan fingerprint density at radius 3 is 2.68 bits per heavy atom. The topological polar surface area (TPSA) is 15.3 Å². The Bertz CT molecular complexity index is 502. The van der Waals surface area contributed by atoms with Gasteiger partial charge in [-0.1, -0.05) is 12.5 Å². The third-order valence-corrected chi connectivity index (χ3v) is 4.75. The molecule has 1 aliphatic heterocycles. The third-order valence-electron chi connectivity index (χ3n) is 4.14. The van der Waals surface area contributed by atoms with E-state index in [1.165, 1.54) is 12.1 Å². The van der Waals surface area contributed by atoms with Crippen LogP contribution in [0.15, 0.2) is 29.3 Å². The quantitative estimate of drug-likeness (QED) is 0.433. The summed E-state index contributed by atoms with van der Waals surface area (Å²) in [6.45, 7) is 7.08. The first-order valence-corrected chi connectivity index (χ1v) is 8.63. The molecule has 0 spiro atoms. The number of allylic oxidation sites excluding steroid dienone is 1. The van der Waals surface area contributed by atoms with Gasteiger partial charge in [0, 0.05) is 37.8 Å². The molecule has 1 N–H and O–H groups in total. The van der Waals surface area contributed by atoms with Gasteiger partial charge in [-0.2, -0.15) is 0 Å². The minimum atomic E-state index is -0.466. The van der Waals surface area contributed by atoms with Crippen molar-refractivity contribution in [3.8, 4) is 0 Å². The van der Waals surface area contributed by atoms with Crippen LogP contribution in [0.5, 0.6) is 0 Å².